The highest BCUT2D eigenvalue weighted by molar-refractivity contribution is 7.25. The van der Waals surface area contributed by atoms with Gasteiger partial charge in [0.05, 0.1) is 28.1 Å². The fourth-order valence-corrected chi connectivity index (χ4v) is 10.9. The average Bonchev–Trinajstić information content (AvgIpc) is 3.85. The van der Waals surface area contributed by atoms with E-state index >= 15 is 0 Å². The molecule has 0 amide bonds. The van der Waals surface area contributed by atoms with E-state index in [2.05, 4.69) is 226 Å². The minimum Gasteiger partial charge on any atom is -0.310 e. The molecule has 0 atom stereocenters. The first-order valence-corrected chi connectivity index (χ1v) is 21.3. The van der Waals surface area contributed by atoms with E-state index in [0.29, 0.717) is 0 Å². The van der Waals surface area contributed by atoms with E-state index in [0.717, 1.165) is 44.2 Å². The number of benzene rings is 10. The number of para-hydroxylation sites is 1. The van der Waals surface area contributed by atoms with Crippen LogP contribution >= 0.6 is 11.3 Å². The van der Waals surface area contributed by atoms with Crippen molar-refractivity contribution in [3.8, 4) is 17.1 Å². The van der Waals surface area contributed by atoms with E-state index in [1.165, 1.54) is 69.2 Å². The van der Waals surface area contributed by atoms with Crippen LogP contribution in [0.5, 0.6) is 0 Å². The number of aromatic nitrogens is 3. The van der Waals surface area contributed by atoms with Crippen molar-refractivity contribution in [2.75, 3.05) is 0 Å². The Hall–Kier alpha value is -7.66. The maximum Gasteiger partial charge on any atom is 0.0562 e. The first kappa shape index (κ1) is 33.3. The second-order valence-corrected chi connectivity index (χ2v) is 16.8. The third-order valence-corrected chi connectivity index (χ3v) is 13.6. The van der Waals surface area contributed by atoms with Crippen LogP contribution < -0.4 is 0 Å². The largest absolute Gasteiger partial charge is 0.310 e. The van der Waals surface area contributed by atoms with Gasteiger partial charge in [-0.25, -0.2) is 0 Å². The first-order valence-electron chi connectivity index (χ1n) is 20.5. The average molecular weight is 782 g/mol. The fraction of sp³-hybridized carbons (Fsp3) is 0. The predicted molar refractivity (Wildman–Crippen MR) is 257 cm³/mol. The highest BCUT2D eigenvalue weighted by atomic mass is 32.1. The Kier molecular flexibility index (Phi) is 7.18. The van der Waals surface area contributed by atoms with Gasteiger partial charge in [-0.1, -0.05) is 121 Å². The van der Waals surface area contributed by atoms with Crippen molar-refractivity contribution < 1.29 is 0 Å². The van der Waals surface area contributed by atoms with Crippen LogP contribution in [0.4, 0.5) is 0 Å². The summed E-state index contributed by atoms with van der Waals surface area (Å²) in [6.45, 7) is 0. The van der Waals surface area contributed by atoms with Gasteiger partial charge in [0.25, 0.3) is 0 Å². The second-order valence-electron chi connectivity index (χ2n) is 15.8. The summed E-state index contributed by atoms with van der Waals surface area (Å²) in [5, 5.41) is 12.2. The molecule has 0 radical (unpaired) electrons. The third kappa shape index (κ3) is 4.95. The molecule has 3 heterocycles. The zero-order chi connectivity index (χ0) is 39.3. The molecule has 0 spiro atoms. The van der Waals surface area contributed by atoms with Gasteiger partial charge in [0.2, 0.25) is 0 Å². The molecule has 0 saturated carbocycles. The Morgan fingerprint density at radius 2 is 0.700 bits per heavy atom. The predicted octanol–water partition coefficient (Wildman–Crippen LogP) is 15.6. The van der Waals surface area contributed by atoms with E-state index in [4.69, 9.17) is 0 Å². The molecule has 3 aromatic heterocycles. The highest BCUT2D eigenvalue weighted by Gasteiger charge is 2.19. The van der Waals surface area contributed by atoms with Crippen molar-refractivity contribution in [1.29, 1.82) is 0 Å². The van der Waals surface area contributed by atoms with Gasteiger partial charge in [-0.15, -0.1) is 11.3 Å². The Bertz CT molecular complexity index is 3960. The van der Waals surface area contributed by atoms with E-state index in [1.54, 1.807) is 0 Å². The van der Waals surface area contributed by atoms with Crippen molar-refractivity contribution in [1.82, 2.24) is 13.7 Å². The van der Waals surface area contributed by atoms with Crippen LogP contribution in [0.25, 0.3) is 113 Å². The van der Waals surface area contributed by atoms with Crippen molar-refractivity contribution in [3.63, 3.8) is 0 Å². The normalized spacial score (nSPS) is 12.0. The monoisotopic (exact) mass is 781 g/mol. The van der Waals surface area contributed by atoms with Gasteiger partial charge in [0, 0.05) is 63.8 Å². The summed E-state index contributed by atoms with van der Waals surface area (Å²) in [6, 6.07) is 78.5. The molecular weight excluding hydrogens is 747 g/mol. The van der Waals surface area contributed by atoms with Gasteiger partial charge in [0.15, 0.2) is 0 Å². The molecule has 60 heavy (non-hydrogen) atoms. The lowest BCUT2D eigenvalue weighted by Crippen LogP contribution is -1.99. The Labute approximate surface area is 349 Å². The molecule has 13 aromatic rings. The standard InChI is InChI=1S/C56H35N3S/c1-3-20-44-36(12-1)14-9-24-49(44)57-40-18-7-16-38(32-40)39-17-8-19-41(33-39)58(43-29-31-55-48(35-43)47-34-42(57)28-30-54(47)60-55)52-26-11-27-53-56(52)46-22-5-6-23-51(46)59(53)50-25-10-15-37-13-2-4-21-45(37)50/h1-35H. The Morgan fingerprint density at radius 3 is 1.33 bits per heavy atom. The van der Waals surface area contributed by atoms with Crippen LogP contribution in [-0.2, 0) is 0 Å². The summed E-state index contributed by atoms with van der Waals surface area (Å²) >= 11 is 1.86. The molecule has 3 nitrogen and oxygen atoms in total. The summed E-state index contributed by atoms with van der Waals surface area (Å²) in [5.41, 5.74) is 10.3. The summed E-state index contributed by atoms with van der Waals surface area (Å²) in [4.78, 5) is 0. The van der Waals surface area contributed by atoms with E-state index < -0.39 is 0 Å². The third-order valence-electron chi connectivity index (χ3n) is 12.4. The summed E-state index contributed by atoms with van der Waals surface area (Å²) in [7, 11) is 0. The molecule has 0 unspecified atom stereocenters. The summed E-state index contributed by atoms with van der Waals surface area (Å²) < 4.78 is 9.93. The van der Waals surface area contributed by atoms with Gasteiger partial charge >= 0.3 is 0 Å². The van der Waals surface area contributed by atoms with Gasteiger partial charge in [-0.3, -0.25) is 0 Å². The molecule has 0 aliphatic heterocycles. The number of hydrogen-bond acceptors (Lipinski definition) is 1. The maximum atomic E-state index is 2.48. The molecule has 0 aliphatic carbocycles. The molecule has 0 fully saturated rings. The lowest BCUT2D eigenvalue weighted by Gasteiger charge is -2.16. The lowest BCUT2D eigenvalue weighted by molar-refractivity contribution is 1.17. The van der Waals surface area contributed by atoms with E-state index in [9.17, 15) is 0 Å². The Balaban J connectivity index is 1.19. The number of hydrogen-bond donors (Lipinski definition) is 0. The molecule has 10 aromatic carbocycles. The SMILES string of the molecule is c1ccc2c(-n3c4cccc(c4)c4cccc(c4)n(-c4cccc5c4c4ccccc4n5-c4cccc5ccccc45)c4ccc5sc6ccc3cc6c5c4)cccc2c1. The number of fused-ring (bicyclic) bond motifs is 12. The van der Waals surface area contributed by atoms with Crippen LogP contribution in [0.15, 0.2) is 212 Å². The van der Waals surface area contributed by atoms with Gasteiger partial charge in [-0.05, 0) is 113 Å². The molecular formula is C56H35N3S. The topological polar surface area (TPSA) is 14.8 Å². The van der Waals surface area contributed by atoms with Crippen molar-refractivity contribution >= 4 is 108 Å². The minimum absolute atomic E-state index is 1.11. The zero-order valence-corrected chi connectivity index (χ0v) is 33.3. The molecule has 4 heteroatoms. The minimum atomic E-state index is 1.11. The maximum absolute atomic E-state index is 2.48. The van der Waals surface area contributed by atoms with Crippen molar-refractivity contribution in [3.05, 3.63) is 212 Å². The van der Waals surface area contributed by atoms with Crippen LogP contribution in [0.1, 0.15) is 0 Å². The quantitative estimate of drug-likeness (QED) is 0.170. The second kappa shape index (κ2) is 12.9. The first-order chi connectivity index (χ1) is 29.7. The van der Waals surface area contributed by atoms with E-state index in [-0.39, 0.29) is 0 Å². The molecule has 0 saturated heterocycles. The van der Waals surface area contributed by atoms with Crippen LogP contribution in [0.2, 0.25) is 0 Å². The summed E-state index contributed by atoms with van der Waals surface area (Å²) in [6.07, 6.45) is 0. The highest BCUT2D eigenvalue weighted by Crippen LogP contribution is 2.41. The lowest BCUT2D eigenvalue weighted by atomic mass is 10.1. The molecule has 0 aliphatic rings. The van der Waals surface area contributed by atoms with Crippen LogP contribution in [0, 0.1) is 0 Å². The fourth-order valence-electron chi connectivity index (χ4n) is 9.79. The summed E-state index contributed by atoms with van der Waals surface area (Å²) in [5.74, 6) is 0. The zero-order valence-electron chi connectivity index (χ0n) is 32.5. The number of thiophene rings is 1. The van der Waals surface area contributed by atoms with Gasteiger partial charge in [0.1, 0.15) is 0 Å². The number of nitrogens with zero attached hydrogens (tertiary/aromatic N) is 3. The van der Waals surface area contributed by atoms with Crippen molar-refractivity contribution in [2.24, 2.45) is 0 Å². The molecule has 0 N–H and O–H groups in total. The van der Waals surface area contributed by atoms with Crippen molar-refractivity contribution in [2.45, 2.75) is 0 Å². The smallest absolute Gasteiger partial charge is 0.0562 e. The van der Waals surface area contributed by atoms with Gasteiger partial charge in [-0.2, -0.15) is 0 Å². The molecule has 8 bridgehead atoms. The van der Waals surface area contributed by atoms with Crippen LogP contribution in [0.3, 0.4) is 0 Å². The van der Waals surface area contributed by atoms with Gasteiger partial charge < -0.3 is 13.7 Å². The van der Waals surface area contributed by atoms with Crippen LogP contribution in [-0.4, -0.2) is 13.7 Å². The Morgan fingerprint density at radius 1 is 0.267 bits per heavy atom. The molecule has 13 rings (SSSR count). The number of rotatable bonds is 3. The van der Waals surface area contributed by atoms with E-state index in [1.807, 2.05) is 11.3 Å². The molecule has 280 valence electrons.